The van der Waals surface area contributed by atoms with Crippen molar-refractivity contribution in [2.75, 3.05) is 0 Å². The third-order valence-electron chi connectivity index (χ3n) is 5.31. The normalized spacial score (nSPS) is 13.7. The van der Waals surface area contributed by atoms with E-state index in [4.69, 9.17) is 4.99 Å². The Morgan fingerprint density at radius 2 is 1.43 bits per heavy atom. The molecule has 0 atom stereocenters. The first-order valence-corrected chi connectivity index (χ1v) is 9.64. The Hall–Kier alpha value is -3.07. The standard InChI is InChI=1S/C25H24N2O/c1-15-8-22-13-23(28)14-25(27-24(22)9-16(15)2)20-7-5-6-19(12-20)21-10-17(3)26-18(4)11-21/h5-12H,13-14H2,1-4H3. The quantitative estimate of drug-likeness (QED) is 0.589. The molecule has 1 aliphatic heterocycles. The lowest BCUT2D eigenvalue weighted by Crippen LogP contribution is -2.09. The highest BCUT2D eigenvalue weighted by Gasteiger charge is 2.19. The minimum atomic E-state index is 0.210. The first-order valence-electron chi connectivity index (χ1n) is 9.64. The second-order valence-electron chi connectivity index (χ2n) is 7.74. The first-order chi connectivity index (χ1) is 13.4. The van der Waals surface area contributed by atoms with Gasteiger partial charge in [-0.2, -0.15) is 0 Å². The average Bonchev–Trinajstić information content (AvgIpc) is 2.79. The Balaban J connectivity index is 1.80. The Kier molecular flexibility index (Phi) is 4.68. The van der Waals surface area contributed by atoms with E-state index in [1.807, 2.05) is 26.0 Å². The zero-order chi connectivity index (χ0) is 19.8. The highest BCUT2D eigenvalue weighted by Crippen LogP contribution is 2.30. The molecule has 0 amide bonds. The number of carbonyl (C=O) groups excluding carboxylic acids is 1. The SMILES string of the molecule is Cc1cc(-c2cccc(C3=Nc4cc(C)c(C)cc4CC(=O)C3)c2)cc(C)n1. The van der Waals surface area contributed by atoms with Gasteiger partial charge in [-0.25, -0.2) is 0 Å². The number of carbonyl (C=O) groups is 1. The largest absolute Gasteiger partial charge is 0.299 e. The summed E-state index contributed by atoms with van der Waals surface area (Å²) in [5.41, 5.74) is 10.5. The van der Waals surface area contributed by atoms with E-state index in [1.165, 1.54) is 11.1 Å². The molecule has 2 heterocycles. The van der Waals surface area contributed by atoms with Crippen molar-refractivity contribution in [2.24, 2.45) is 4.99 Å². The fourth-order valence-corrected chi connectivity index (χ4v) is 3.80. The van der Waals surface area contributed by atoms with E-state index in [-0.39, 0.29) is 5.78 Å². The van der Waals surface area contributed by atoms with Gasteiger partial charge in [0, 0.05) is 24.2 Å². The van der Waals surface area contributed by atoms with Gasteiger partial charge in [-0.15, -0.1) is 0 Å². The van der Waals surface area contributed by atoms with Gasteiger partial charge in [0.1, 0.15) is 5.78 Å². The maximum Gasteiger partial charge on any atom is 0.143 e. The third-order valence-corrected chi connectivity index (χ3v) is 5.31. The molecule has 28 heavy (non-hydrogen) atoms. The van der Waals surface area contributed by atoms with E-state index in [0.717, 1.165) is 45.0 Å². The van der Waals surface area contributed by atoms with E-state index in [2.05, 4.69) is 55.2 Å². The van der Waals surface area contributed by atoms with Gasteiger partial charge in [0.2, 0.25) is 0 Å². The molecule has 0 N–H and O–H groups in total. The van der Waals surface area contributed by atoms with Crippen LogP contribution in [0.15, 0.2) is 53.5 Å². The summed E-state index contributed by atoms with van der Waals surface area (Å²) in [7, 11) is 0. The van der Waals surface area contributed by atoms with Crippen molar-refractivity contribution in [3.05, 3.63) is 82.2 Å². The fraction of sp³-hybridized carbons (Fsp3) is 0.240. The van der Waals surface area contributed by atoms with Crippen LogP contribution in [0.3, 0.4) is 0 Å². The topological polar surface area (TPSA) is 42.3 Å². The van der Waals surface area contributed by atoms with Crippen molar-refractivity contribution in [2.45, 2.75) is 40.5 Å². The number of rotatable bonds is 2. The van der Waals surface area contributed by atoms with Crippen LogP contribution >= 0.6 is 0 Å². The Morgan fingerprint density at radius 1 is 0.750 bits per heavy atom. The summed E-state index contributed by atoms with van der Waals surface area (Å²) in [4.78, 5) is 22.0. The van der Waals surface area contributed by atoms with E-state index >= 15 is 0 Å². The van der Waals surface area contributed by atoms with Crippen molar-refractivity contribution < 1.29 is 4.79 Å². The highest BCUT2D eigenvalue weighted by atomic mass is 16.1. The van der Waals surface area contributed by atoms with Crippen LogP contribution in [0.4, 0.5) is 5.69 Å². The zero-order valence-electron chi connectivity index (χ0n) is 16.8. The summed E-state index contributed by atoms with van der Waals surface area (Å²) in [6.45, 7) is 8.19. The number of aryl methyl sites for hydroxylation is 4. The smallest absolute Gasteiger partial charge is 0.143 e. The summed E-state index contributed by atoms with van der Waals surface area (Å²) in [6, 6.07) is 16.7. The zero-order valence-corrected chi connectivity index (χ0v) is 16.8. The molecule has 3 nitrogen and oxygen atoms in total. The molecule has 0 spiro atoms. The molecule has 1 aliphatic rings. The Labute approximate surface area is 166 Å². The molecule has 3 aromatic rings. The van der Waals surface area contributed by atoms with Gasteiger partial charge in [0.25, 0.3) is 0 Å². The molecule has 0 unspecified atom stereocenters. The number of pyridine rings is 1. The minimum Gasteiger partial charge on any atom is -0.299 e. The van der Waals surface area contributed by atoms with Crippen LogP contribution in [-0.2, 0) is 11.2 Å². The summed E-state index contributed by atoms with van der Waals surface area (Å²) in [5.74, 6) is 0.210. The molecule has 3 heteroatoms. The van der Waals surface area contributed by atoms with Gasteiger partial charge in [0.15, 0.2) is 0 Å². The molecule has 0 bridgehead atoms. The molecule has 0 aliphatic carbocycles. The summed E-state index contributed by atoms with van der Waals surface area (Å²) < 4.78 is 0. The van der Waals surface area contributed by atoms with Crippen LogP contribution in [0.2, 0.25) is 0 Å². The number of hydrogen-bond acceptors (Lipinski definition) is 3. The van der Waals surface area contributed by atoms with Gasteiger partial charge in [-0.05, 0) is 85.3 Å². The molecule has 2 aromatic carbocycles. The molecule has 0 fully saturated rings. The molecule has 140 valence electrons. The lowest BCUT2D eigenvalue weighted by atomic mass is 9.97. The van der Waals surface area contributed by atoms with Gasteiger partial charge in [0.05, 0.1) is 11.4 Å². The number of aliphatic imine (C=N–C) groups is 1. The van der Waals surface area contributed by atoms with Crippen molar-refractivity contribution >= 4 is 17.2 Å². The lowest BCUT2D eigenvalue weighted by molar-refractivity contribution is -0.117. The predicted molar refractivity (Wildman–Crippen MR) is 115 cm³/mol. The lowest BCUT2D eigenvalue weighted by Gasteiger charge is -2.09. The molecular weight excluding hydrogens is 344 g/mol. The summed E-state index contributed by atoms with van der Waals surface area (Å²) in [6.07, 6.45) is 0.816. The molecule has 0 saturated carbocycles. The van der Waals surface area contributed by atoms with E-state index in [1.54, 1.807) is 0 Å². The van der Waals surface area contributed by atoms with E-state index in [9.17, 15) is 4.79 Å². The van der Waals surface area contributed by atoms with Crippen molar-refractivity contribution in [3.8, 4) is 11.1 Å². The molecular formula is C25H24N2O. The number of benzene rings is 2. The molecule has 4 rings (SSSR count). The van der Waals surface area contributed by atoms with Crippen LogP contribution in [0.5, 0.6) is 0 Å². The first kappa shape index (κ1) is 18.3. The minimum absolute atomic E-state index is 0.210. The molecule has 0 saturated heterocycles. The number of aromatic nitrogens is 1. The van der Waals surface area contributed by atoms with Crippen molar-refractivity contribution in [1.29, 1.82) is 0 Å². The van der Waals surface area contributed by atoms with Gasteiger partial charge < -0.3 is 0 Å². The van der Waals surface area contributed by atoms with E-state index in [0.29, 0.717) is 12.8 Å². The Bertz CT molecular complexity index is 1110. The van der Waals surface area contributed by atoms with Crippen LogP contribution < -0.4 is 0 Å². The van der Waals surface area contributed by atoms with E-state index < -0.39 is 0 Å². The monoisotopic (exact) mass is 368 g/mol. The Morgan fingerprint density at radius 3 is 2.18 bits per heavy atom. The van der Waals surface area contributed by atoms with Gasteiger partial charge in [-0.1, -0.05) is 24.3 Å². The molecule has 1 aromatic heterocycles. The van der Waals surface area contributed by atoms with Crippen LogP contribution in [0.25, 0.3) is 11.1 Å². The summed E-state index contributed by atoms with van der Waals surface area (Å²) >= 11 is 0. The number of ketones is 1. The van der Waals surface area contributed by atoms with Crippen LogP contribution in [0.1, 0.15) is 40.1 Å². The van der Waals surface area contributed by atoms with Crippen molar-refractivity contribution in [3.63, 3.8) is 0 Å². The number of fused-ring (bicyclic) bond motifs is 1. The maximum atomic E-state index is 12.6. The second-order valence-corrected chi connectivity index (χ2v) is 7.74. The fourth-order valence-electron chi connectivity index (χ4n) is 3.80. The highest BCUT2D eigenvalue weighted by molar-refractivity contribution is 6.14. The second kappa shape index (κ2) is 7.16. The van der Waals surface area contributed by atoms with Crippen molar-refractivity contribution in [1.82, 2.24) is 4.98 Å². The average molecular weight is 368 g/mol. The number of nitrogens with zero attached hydrogens (tertiary/aromatic N) is 2. The van der Waals surface area contributed by atoms with Crippen LogP contribution in [0, 0.1) is 27.7 Å². The number of Topliss-reactive ketones (excluding diaryl/α,β-unsaturated/α-hetero) is 1. The van der Waals surface area contributed by atoms with Gasteiger partial charge >= 0.3 is 0 Å². The third kappa shape index (κ3) is 3.65. The maximum absolute atomic E-state index is 12.6. The molecule has 0 radical (unpaired) electrons. The number of hydrogen-bond donors (Lipinski definition) is 0. The van der Waals surface area contributed by atoms with Gasteiger partial charge in [-0.3, -0.25) is 14.8 Å². The summed E-state index contributed by atoms with van der Waals surface area (Å²) in [5, 5.41) is 0. The predicted octanol–water partition coefficient (Wildman–Crippen LogP) is 5.62. The van der Waals surface area contributed by atoms with Crippen LogP contribution in [-0.4, -0.2) is 16.5 Å².